The second-order valence-electron chi connectivity index (χ2n) is 7.61. The van der Waals surface area contributed by atoms with Crippen molar-refractivity contribution < 1.29 is 5.03 Å². The largest absolute Gasteiger partial charge is 0.334 e. The number of piperidine rings is 1. The summed E-state index contributed by atoms with van der Waals surface area (Å²) >= 11 is 6.01. The molecule has 9 heteroatoms. The van der Waals surface area contributed by atoms with Crippen molar-refractivity contribution in [2.24, 2.45) is 4.99 Å². The van der Waals surface area contributed by atoms with Crippen LogP contribution in [-0.4, -0.2) is 53.3 Å². The molecule has 0 saturated carbocycles. The molecule has 0 radical (unpaired) electrons. The molecule has 1 N–H and O–H groups in total. The molecule has 2 aliphatic heterocycles. The van der Waals surface area contributed by atoms with Crippen LogP contribution in [0.1, 0.15) is 18.4 Å². The monoisotopic (exact) mass is 428 g/mol. The lowest BCUT2D eigenvalue weighted by molar-refractivity contribution is -0.526. The Morgan fingerprint density at radius 1 is 1.10 bits per heavy atom. The number of anilines is 1. The highest BCUT2D eigenvalue weighted by Crippen LogP contribution is 2.24. The zero-order valence-corrected chi connectivity index (χ0v) is 17.4. The summed E-state index contributed by atoms with van der Waals surface area (Å²) in [6.07, 6.45) is 1.86. The van der Waals surface area contributed by atoms with E-state index in [1.165, 1.54) is 5.56 Å². The van der Waals surface area contributed by atoms with E-state index in [4.69, 9.17) is 11.6 Å². The van der Waals surface area contributed by atoms with Gasteiger partial charge in [0.2, 0.25) is 0 Å². The summed E-state index contributed by atoms with van der Waals surface area (Å²) in [5.74, 6) is 0.340. The number of rotatable bonds is 5. The van der Waals surface area contributed by atoms with Gasteiger partial charge in [-0.1, -0.05) is 47.4 Å². The quantitative estimate of drug-likeness (QED) is 0.582. The fourth-order valence-corrected chi connectivity index (χ4v) is 4.18. The van der Waals surface area contributed by atoms with Crippen molar-refractivity contribution in [2.75, 3.05) is 31.3 Å². The summed E-state index contributed by atoms with van der Waals surface area (Å²) in [5, 5.41) is 11.2. The standard InChI is InChI=1S/C21H25ClN6O2/c22-18-6-8-19(9-7-18)26-15-23-21(24-28(29)30)27(16-26)20-10-12-25(13-11-20)14-17-4-2-1-3-5-17/h1-9,20H,10-16H2,(H,23,24). The molecule has 0 amide bonds. The van der Waals surface area contributed by atoms with E-state index in [1.54, 1.807) is 0 Å². The second-order valence-corrected chi connectivity index (χ2v) is 8.05. The zero-order chi connectivity index (χ0) is 20.9. The molecule has 0 unspecified atom stereocenters. The van der Waals surface area contributed by atoms with Gasteiger partial charge in [-0.3, -0.25) is 4.90 Å². The van der Waals surface area contributed by atoms with Crippen LogP contribution >= 0.6 is 11.6 Å². The molecular formula is C21H25ClN6O2. The molecule has 2 heterocycles. The first kappa shape index (κ1) is 20.4. The molecule has 1 fully saturated rings. The smallest absolute Gasteiger partial charge is 0.260 e. The van der Waals surface area contributed by atoms with Crippen molar-refractivity contribution in [1.29, 1.82) is 0 Å². The molecule has 2 aliphatic rings. The van der Waals surface area contributed by atoms with Crippen LogP contribution in [0.5, 0.6) is 0 Å². The molecule has 0 spiro atoms. The van der Waals surface area contributed by atoms with Gasteiger partial charge in [-0.15, -0.1) is 0 Å². The molecule has 2 aromatic rings. The Balaban J connectivity index is 1.43. The number of aliphatic imine (C=N–C) groups is 1. The number of benzene rings is 2. The van der Waals surface area contributed by atoms with Crippen LogP contribution in [0.25, 0.3) is 0 Å². The van der Waals surface area contributed by atoms with Crippen LogP contribution in [-0.2, 0) is 6.54 Å². The van der Waals surface area contributed by atoms with E-state index < -0.39 is 5.03 Å². The van der Waals surface area contributed by atoms with Crippen LogP contribution in [0.2, 0.25) is 5.02 Å². The van der Waals surface area contributed by atoms with E-state index in [9.17, 15) is 10.1 Å². The number of nitrogens with one attached hydrogen (secondary N) is 1. The Morgan fingerprint density at radius 2 is 1.80 bits per heavy atom. The summed E-state index contributed by atoms with van der Waals surface area (Å²) in [4.78, 5) is 22.1. The van der Waals surface area contributed by atoms with E-state index >= 15 is 0 Å². The maximum atomic E-state index is 11.1. The van der Waals surface area contributed by atoms with Crippen molar-refractivity contribution in [3.63, 3.8) is 0 Å². The average Bonchev–Trinajstić information content (AvgIpc) is 2.76. The Hall–Kier alpha value is -2.84. The van der Waals surface area contributed by atoms with Gasteiger partial charge >= 0.3 is 0 Å². The van der Waals surface area contributed by atoms with Crippen LogP contribution < -0.4 is 10.3 Å². The van der Waals surface area contributed by atoms with Crippen LogP contribution in [0, 0.1) is 10.1 Å². The third-order valence-electron chi connectivity index (χ3n) is 5.62. The predicted octanol–water partition coefficient (Wildman–Crippen LogP) is 3.18. The molecule has 8 nitrogen and oxygen atoms in total. The van der Waals surface area contributed by atoms with E-state index in [0.29, 0.717) is 24.3 Å². The van der Waals surface area contributed by atoms with Gasteiger partial charge in [-0.25, -0.2) is 15.1 Å². The highest BCUT2D eigenvalue weighted by atomic mass is 35.5. The highest BCUT2D eigenvalue weighted by Gasteiger charge is 2.32. The highest BCUT2D eigenvalue weighted by molar-refractivity contribution is 6.30. The third kappa shape index (κ3) is 5.01. The van der Waals surface area contributed by atoms with Crippen LogP contribution in [0.4, 0.5) is 5.69 Å². The normalized spacial score (nSPS) is 18.2. The molecule has 1 saturated heterocycles. The summed E-state index contributed by atoms with van der Waals surface area (Å²) in [7, 11) is 0. The van der Waals surface area contributed by atoms with Crippen LogP contribution in [0.15, 0.2) is 59.6 Å². The lowest BCUT2D eigenvalue weighted by Crippen LogP contribution is -2.58. The number of hydrogen-bond donors (Lipinski definition) is 1. The van der Waals surface area contributed by atoms with Crippen molar-refractivity contribution in [3.05, 3.63) is 75.3 Å². The van der Waals surface area contributed by atoms with Crippen molar-refractivity contribution in [2.45, 2.75) is 25.4 Å². The van der Waals surface area contributed by atoms with E-state index in [2.05, 4.69) is 44.5 Å². The molecule has 4 rings (SSSR count). The first-order valence-corrected chi connectivity index (χ1v) is 10.5. The Labute approximate surface area is 180 Å². The fraction of sp³-hybridized carbons (Fsp3) is 0.381. The molecule has 0 aliphatic carbocycles. The molecule has 0 atom stereocenters. The zero-order valence-electron chi connectivity index (χ0n) is 16.7. The van der Waals surface area contributed by atoms with Gasteiger partial charge in [0.1, 0.15) is 6.67 Å². The van der Waals surface area contributed by atoms with Gasteiger partial charge in [0.25, 0.3) is 5.96 Å². The van der Waals surface area contributed by atoms with E-state index in [1.807, 2.05) is 35.2 Å². The summed E-state index contributed by atoms with van der Waals surface area (Å²) in [6.45, 7) is 3.73. The van der Waals surface area contributed by atoms with Gasteiger partial charge in [0, 0.05) is 36.4 Å². The summed E-state index contributed by atoms with van der Waals surface area (Å²) in [5.41, 5.74) is 4.60. The van der Waals surface area contributed by atoms with Crippen molar-refractivity contribution >= 4 is 23.2 Å². The number of guanidine groups is 1. The lowest BCUT2D eigenvalue weighted by Gasteiger charge is -2.43. The molecule has 0 bridgehead atoms. The molecule has 30 heavy (non-hydrogen) atoms. The minimum atomic E-state index is -0.533. The SMILES string of the molecule is O=[N+]([O-])NC1=NCN(c2ccc(Cl)cc2)CN1C1CCN(Cc2ccccc2)CC1. The number of nitro groups is 1. The van der Waals surface area contributed by atoms with E-state index in [-0.39, 0.29) is 6.04 Å². The maximum Gasteiger partial charge on any atom is 0.260 e. The molecule has 158 valence electrons. The summed E-state index contributed by atoms with van der Waals surface area (Å²) in [6, 6.07) is 18.2. The first-order chi connectivity index (χ1) is 14.6. The summed E-state index contributed by atoms with van der Waals surface area (Å²) < 4.78 is 0. The average molecular weight is 429 g/mol. The number of hydrazine groups is 1. The number of hydrogen-bond acceptors (Lipinski definition) is 6. The van der Waals surface area contributed by atoms with Gasteiger partial charge in [0.05, 0.1) is 6.67 Å². The minimum Gasteiger partial charge on any atom is -0.334 e. The van der Waals surface area contributed by atoms with Gasteiger partial charge in [-0.05, 0) is 42.7 Å². The number of likely N-dealkylation sites (tertiary alicyclic amines) is 1. The van der Waals surface area contributed by atoms with Gasteiger partial charge < -0.3 is 9.80 Å². The van der Waals surface area contributed by atoms with Gasteiger partial charge in [-0.2, -0.15) is 0 Å². The topological polar surface area (TPSA) is 77.2 Å². The lowest BCUT2D eigenvalue weighted by atomic mass is 10.0. The fourth-order valence-electron chi connectivity index (χ4n) is 4.05. The second kappa shape index (κ2) is 9.32. The Bertz CT molecular complexity index is 884. The first-order valence-electron chi connectivity index (χ1n) is 10.1. The number of halogens is 1. The van der Waals surface area contributed by atoms with Crippen LogP contribution in [0.3, 0.4) is 0 Å². The molecule has 2 aromatic carbocycles. The minimum absolute atomic E-state index is 0.193. The predicted molar refractivity (Wildman–Crippen MR) is 118 cm³/mol. The van der Waals surface area contributed by atoms with E-state index in [0.717, 1.165) is 38.2 Å². The van der Waals surface area contributed by atoms with Crippen molar-refractivity contribution in [3.8, 4) is 0 Å². The number of nitrogens with zero attached hydrogens (tertiary/aromatic N) is 5. The van der Waals surface area contributed by atoms with Crippen molar-refractivity contribution in [1.82, 2.24) is 15.2 Å². The van der Waals surface area contributed by atoms with Gasteiger partial charge in [0.15, 0.2) is 5.03 Å². The Kier molecular flexibility index (Phi) is 6.35. The molecule has 0 aromatic heterocycles. The molecular weight excluding hydrogens is 404 g/mol. The Morgan fingerprint density at radius 3 is 2.47 bits per heavy atom. The maximum absolute atomic E-state index is 11.1. The third-order valence-corrected chi connectivity index (χ3v) is 5.87.